The molecule has 1 aromatic rings. The van der Waals surface area contributed by atoms with E-state index in [0.29, 0.717) is 6.61 Å². The van der Waals surface area contributed by atoms with Crippen molar-refractivity contribution in [3.8, 4) is 0 Å². The lowest BCUT2D eigenvalue weighted by molar-refractivity contribution is 0.242. The van der Waals surface area contributed by atoms with Crippen LogP contribution in [0.4, 0.5) is 0 Å². The Kier molecular flexibility index (Phi) is 7.06. The Bertz CT molecular complexity index is 355. The summed E-state index contributed by atoms with van der Waals surface area (Å²) in [6, 6.07) is 10.8. The van der Waals surface area contributed by atoms with Gasteiger partial charge in [0.25, 0.3) is 0 Å². The van der Waals surface area contributed by atoms with Crippen LogP contribution in [0.3, 0.4) is 0 Å². The topological polar surface area (TPSA) is 26.7 Å². The number of hydrogen-bond donors (Lipinski definition) is 1. The number of unbranched alkanes of at least 4 members (excludes halogenated alkanes) is 2. The van der Waals surface area contributed by atoms with Gasteiger partial charge < -0.3 is 10.0 Å². The van der Waals surface area contributed by atoms with Crippen LogP contribution in [-0.4, -0.2) is 54.2 Å². The van der Waals surface area contributed by atoms with Crippen LogP contribution < -0.4 is 0 Å². The van der Waals surface area contributed by atoms with Crippen LogP contribution in [0.25, 0.3) is 0 Å². The van der Waals surface area contributed by atoms with E-state index in [-0.39, 0.29) is 0 Å². The van der Waals surface area contributed by atoms with Gasteiger partial charge in [-0.25, -0.2) is 0 Å². The first-order chi connectivity index (χ1) is 9.88. The lowest BCUT2D eigenvalue weighted by atomic mass is 10.2. The van der Waals surface area contributed by atoms with Gasteiger partial charge in [-0.15, -0.1) is 0 Å². The minimum Gasteiger partial charge on any atom is -0.396 e. The fourth-order valence-electron chi connectivity index (χ4n) is 2.87. The maximum atomic E-state index is 8.80. The summed E-state index contributed by atoms with van der Waals surface area (Å²) in [5.74, 6) is 0. The van der Waals surface area contributed by atoms with Crippen molar-refractivity contribution in [2.75, 3.05) is 39.3 Å². The molecule has 3 nitrogen and oxygen atoms in total. The molecule has 0 unspecified atom stereocenters. The van der Waals surface area contributed by atoms with Gasteiger partial charge in [0.05, 0.1) is 0 Å². The molecule has 1 aliphatic rings. The summed E-state index contributed by atoms with van der Waals surface area (Å²) in [5, 5.41) is 8.80. The van der Waals surface area contributed by atoms with E-state index < -0.39 is 0 Å². The highest BCUT2D eigenvalue weighted by atomic mass is 16.2. The predicted octanol–water partition coefficient (Wildman–Crippen LogP) is 2.36. The van der Waals surface area contributed by atoms with E-state index in [1.807, 2.05) is 0 Å². The molecule has 20 heavy (non-hydrogen) atoms. The summed E-state index contributed by atoms with van der Waals surface area (Å²) >= 11 is 0. The number of nitrogens with zero attached hydrogens (tertiary/aromatic N) is 2. The molecule has 1 fully saturated rings. The van der Waals surface area contributed by atoms with E-state index in [9.17, 15) is 0 Å². The van der Waals surface area contributed by atoms with E-state index in [1.165, 1.54) is 51.1 Å². The Morgan fingerprint density at radius 2 is 1.60 bits per heavy atom. The lowest BCUT2D eigenvalue weighted by Gasteiger charge is -2.21. The minimum absolute atomic E-state index is 0.338. The van der Waals surface area contributed by atoms with Crippen LogP contribution in [0.5, 0.6) is 0 Å². The summed E-state index contributed by atoms with van der Waals surface area (Å²) in [7, 11) is 0. The van der Waals surface area contributed by atoms with E-state index in [0.717, 1.165) is 19.4 Å². The molecule has 0 amide bonds. The van der Waals surface area contributed by atoms with Crippen LogP contribution >= 0.6 is 0 Å². The predicted molar refractivity (Wildman–Crippen MR) is 83.7 cm³/mol. The summed E-state index contributed by atoms with van der Waals surface area (Å²) in [5.41, 5.74) is 1.42. The van der Waals surface area contributed by atoms with E-state index in [2.05, 4.69) is 40.1 Å². The highest BCUT2D eigenvalue weighted by Crippen LogP contribution is 2.09. The Morgan fingerprint density at radius 3 is 2.40 bits per heavy atom. The fraction of sp³-hybridized carbons (Fsp3) is 0.647. The second kappa shape index (κ2) is 9.11. The summed E-state index contributed by atoms with van der Waals surface area (Å²) < 4.78 is 0. The molecule has 0 spiro atoms. The molecule has 1 aromatic carbocycles. The number of hydrogen-bond acceptors (Lipinski definition) is 3. The van der Waals surface area contributed by atoms with E-state index in [1.54, 1.807) is 0 Å². The van der Waals surface area contributed by atoms with Crippen molar-refractivity contribution < 1.29 is 5.11 Å². The van der Waals surface area contributed by atoms with Gasteiger partial charge in [0, 0.05) is 26.2 Å². The Balaban J connectivity index is 1.69. The van der Waals surface area contributed by atoms with Crippen LogP contribution in [0.1, 0.15) is 31.2 Å². The molecule has 1 N–H and O–H groups in total. The zero-order valence-corrected chi connectivity index (χ0v) is 12.5. The molecule has 112 valence electrons. The molecule has 0 radical (unpaired) electrons. The molecule has 1 aliphatic heterocycles. The first-order valence-electron chi connectivity index (χ1n) is 7.98. The van der Waals surface area contributed by atoms with Crippen LogP contribution in [0, 0.1) is 0 Å². The standard InChI is InChI=1S/C17H28N2O/c20-15-6-2-5-10-18-11-7-12-19(14-13-18)16-17-8-3-1-4-9-17/h1,3-4,8-9,20H,2,5-7,10-16H2. The van der Waals surface area contributed by atoms with Crippen molar-refractivity contribution >= 4 is 0 Å². The van der Waals surface area contributed by atoms with Gasteiger partial charge in [-0.05, 0) is 50.9 Å². The molecule has 3 heteroatoms. The average molecular weight is 276 g/mol. The highest BCUT2D eigenvalue weighted by Gasteiger charge is 2.14. The van der Waals surface area contributed by atoms with E-state index in [4.69, 9.17) is 5.11 Å². The van der Waals surface area contributed by atoms with Crippen molar-refractivity contribution in [3.63, 3.8) is 0 Å². The number of benzene rings is 1. The quantitative estimate of drug-likeness (QED) is 0.775. The third-order valence-electron chi connectivity index (χ3n) is 4.06. The van der Waals surface area contributed by atoms with Crippen LogP contribution in [0.2, 0.25) is 0 Å². The maximum absolute atomic E-state index is 8.80. The smallest absolute Gasteiger partial charge is 0.0431 e. The van der Waals surface area contributed by atoms with E-state index >= 15 is 0 Å². The normalized spacial score (nSPS) is 18.1. The lowest BCUT2D eigenvalue weighted by Crippen LogP contribution is -2.31. The van der Waals surface area contributed by atoms with Gasteiger partial charge in [0.2, 0.25) is 0 Å². The molecule has 0 atom stereocenters. The SMILES string of the molecule is OCCCCCN1CCCN(Cc2ccccc2)CC1. The average Bonchev–Trinajstić information content (AvgIpc) is 2.70. The van der Waals surface area contributed by atoms with Gasteiger partial charge >= 0.3 is 0 Å². The van der Waals surface area contributed by atoms with Crippen LogP contribution in [-0.2, 0) is 6.54 Å². The molecule has 1 saturated heterocycles. The van der Waals surface area contributed by atoms with Crippen molar-refractivity contribution in [2.45, 2.75) is 32.2 Å². The Morgan fingerprint density at radius 1 is 0.850 bits per heavy atom. The third kappa shape index (κ3) is 5.61. The Labute approximate surface area is 123 Å². The zero-order chi connectivity index (χ0) is 14.0. The summed E-state index contributed by atoms with van der Waals surface area (Å²) in [6.45, 7) is 7.41. The molecule has 0 bridgehead atoms. The maximum Gasteiger partial charge on any atom is 0.0431 e. The number of rotatable bonds is 7. The van der Waals surface area contributed by atoms with Crippen LogP contribution in [0.15, 0.2) is 30.3 Å². The van der Waals surface area contributed by atoms with Gasteiger partial charge in [-0.1, -0.05) is 30.3 Å². The van der Waals surface area contributed by atoms with Crippen molar-refractivity contribution in [2.24, 2.45) is 0 Å². The second-order valence-corrected chi connectivity index (χ2v) is 5.74. The first-order valence-corrected chi connectivity index (χ1v) is 7.98. The molecule has 0 aliphatic carbocycles. The third-order valence-corrected chi connectivity index (χ3v) is 4.06. The van der Waals surface area contributed by atoms with Gasteiger partial charge in [0.15, 0.2) is 0 Å². The first kappa shape index (κ1) is 15.5. The molecule has 2 rings (SSSR count). The number of aliphatic hydroxyl groups is 1. The molecular formula is C17H28N2O. The Hall–Kier alpha value is -0.900. The zero-order valence-electron chi connectivity index (χ0n) is 12.5. The van der Waals surface area contributed by atoms with Gasteiger partial charge in [-0.2, -0.15) is 0 Å². The highest BCUT2D eigenvalue weighted by molar-refractivity contribution is 5.14. The van der Waals surface area contributed by atoms with Gasteiger partial charge in [-0.3, -0.25) is 4.90 Å². The van der Waals surface area contributed by atoms with Crippen molar-refractivity contribution in [1.82, 2.24) is 9.80 Å². The minimum atomic E-state index is 0.338. The monoisotopic (exact) mass is 276 g/mol. The fourth-order valence-corrected chi connectivity index (χ4v) is 2.87. The largest absolute Gasteiger partial charge is 0.396 e. The van der Waals surface area contributed by atoms with Gasteiger partial charge in [0.1, 0.15) is 0 Å². The molecular weight excluding hydrogens is 248 g/mol. The number of aliphatic hydroxyl groups excluding tert-OH is 1. The molecule has 1 heterocycles. The molecule has 0 saturated carbocycles. The second-order valence-electron chi connectivity index (χ2n) is 5.74. The molecule has 0 aromatic heterocycles. The van der Waals surface area contributed by atoms with Crippen molar-refractivity contribution in [3.05, 3.63) is 35.9 Å². The summed E-state index contributed by atoms with van der Waals surface area (Å²) in [4.78, 5) is 5.16. The van der Waals surface area contributed by atoms with Crippen molar-refractivity contribution in [1.29, 1.82) is 0 Å². The summed E-state index contributed by atoms with van der Waals surface area (Å²) in [6.07, 6.45) is 4.60.